The van der Waals surface area contributed by atoms with Crippen molar-refractivity contribution in [2.45, 2.75) is 63.4 Å². The number of hydrogen-bond acceptors (Lipinski definition) is 10. The molecule has 14 heteroatoms. The van der Waals surface area contributed by atoms with Gasteiger partial charge in [-0.25, -0.2) is 19.7 Å². The van der Waals surface area contributed by atoms with Crippen molar-refractivity contribution in [2.24, 2.45) is 0 Å². The number of fused-ring (bicyclic) bond motifs is 1. The van der Waals surface area contributed by atoms with Gasteiger partial charge in [-0.05, 0) is 20.8 Å². The van der Waals surface area contributed by atoms with Gasteiger partial charge < -0.3 is 36.0 Å². The maximum atomic E-state index is 12.3. The number of nitrogens with one attached hydrogen (secondary N) is 3. The number of urea groups is 1. The van der Waals surface area contributed by atoms with E-state index in [2.05, 4.69) is 35.8 Å². The number of nitrogens with zero attached hydrogens (tertiary/aromatic N) is 5. The molecule has 1 saturated heterocycles. The summed E-state index contributed by atoms with van der Waals surface area (Å²) in [7, 11) is 1.68. The Morgan fingerprint density at radius 1 is 1.26 bits per heavy atom. The monoisotopic (exact) mass is 500 g/mol. The van der Waals surface area contributed by atoms with Gasteiger partial charge >= 0.3 is 6.03 Å². The SMILES string of the molecule is CNc1nc(CNC(=O)NCCN(C(C)C)C(C)Cl)nc2c1ncn2[C@@H]1O[C@H](CO)[C@@H](O)[C@H]1O. The van der Waals surface area contributed by atoms with Crippen molar-refractivity contribution < 1.29 is 24.9 Å². The molecule has 2 aromatic rings. The van der Waals surface area contributed by atoms with E-state index < -0.39 is 31.1 Å². The van der Waals surface area contributed by atoms with E-state index >= 15 is 0 Å². The zero-order chi connectivity index (χ0) is 25.0. The van der Waals surface area contributed by atoms with Crippen LogP contribution in [-0.4, -0.2) is 102 Å². The number of carbonyl (C=O) groups is 1. The highest BCUT2D eigenvalue weighted by Gasteiger charge is 2.44. The van der Waals surface area contributed by atoms with Crippen LogP contribution in [0.5, 0.6) is 0 Å². The molecular weight excluding hydrogens is 468 g/mol. The Balaban J connectivity index is 1.69. The lowest BCUT2D eigenvalue weighted by Crippen LogP contribution is -2.44. The fourth-order valence-electron chi connectivity index (χ4n) is 3.88. The van der Waals surface area contributed by atoms with Gasteiger partial charge in [0.2, 0.25) is 0 Å². The van der Waals surface area contributed by atoms with E-state index in [9.17, 15) is 20.1 Å². The minimum Gasteiger partial charge on any atom is -0.394 e. The van der Waals surface area contributed by atoms with E-state index in [1.165, 1.54) is 10.9 Å². The summed E-state index contributed by atoms with van der Waals surface area (Å²) in [6.45, 7) is 6.58. The Morgan fingerprint density at radius 3 is 2.59 bits per heavy atom. The maximum Gasteiger partial charge on any atom is 0.315 e. The molecule has 1 unspecified atom stereocenters. The molecule has 5 atom stereocenters. The highest BCUT2D eigenvalue weighted by molar-refractivity contribution is 6.20. The molecule has 2 amide bonds. The summed E-state index contributed by atoms with van der Waals surface area (Å²) < 4.78 is 7.07. The number of aromatic nitrogens is 4. The molecule has 0 bridgehead atoms. The normalized spacial score (nSPS) is 23.6. The van der Waals surface area contributed by atoms with Gasteiger partial charge in [0.05, 0.1) is 25.0 Å². The minimum atomic E-state index is -1.28. The number of ether oxygens (including phenoxy) is 1. The summed E-state index contributed by atoms with van der Waals surface area (Å²) in [6, 6.07) is -0.129. The number of imidazole rings is 1. The summed E-state index contributed by atoms with van der Waals surface area (Å²) in [6.07, 6.45) is -3.04. The zero-order valence-corrected chi connectivity index (χ0v) is 20.4. The van der Waals surface area contributed by atoms with Crippen LogP contribution in [0.15, 0.2) is 6.33 Å². The Hall–Kier alpha value is -2.29. The number of carbonyl (C=O) groups excluding carboxylic acids is 1. The van der Waals surface area contributed by atoms with Gasteiger partial charge in [-0.2, -0.15) is 0 Å². The van der Waals surface area contributed by atoms with E-state index in [1.54, 1.807) is 7.05 Å². The van der Waals surface area contributed by atoms with E-state index in [-0.39, 0.29) is 24.1 Å². The third-order valence-corrected chi connectivity index (χ3v) is 5.93. The molecule has 3 heterocycles. The Morgan fingerprint density at radius 2 is 2.00 bits per heavy atom. The molecule has 190 valence electrons. The number of aliphatic hydroxyl groups excluding tert-OH is 3. The molecule has 1 fully saturated rings. The molecule has 34 heavy (non-hydrogen) atoms. The van der Waals surface area contributed by atoms with Crippen LogP contribution in [0.4, 0.5) is 10.6 Å². The third kappa shape index (κ3) is 5.67. The second-order valence-electron chi connectivity index (χ2n) is 8.31. The lowest BCUT2D eigenvalue weighted by molar-refractivity contribution is -0.0511. The first-order valence-corrected chi connectivity index (χ1v) is 11.6. The first-order valence-electron chi connectivity index (χ1n) is 11.1. The Kier molecular flexibility index (Phi) is 8.84. The van der Waals surface area contributed by atoms with Crippen molar-refractivity contribution in [3.8, 4) is 0 Å². The molecule has 1 aliphatic rings. The second kappa shape index (κ2) is 11.4. The average molecular weight is 501 g/mol. The molecule has 0 aromatic carbocycles. The fourth-order valence-corrected chi connectivity index (χ4v) is 4.20. The fraction of sp³-hybridized carbons (Fsp3) is 0.700. The van der Waals surface area contributed by atoms with Crippen LogP contribution < -0.4 is 16.0 Å². The van der Waals surface area contributed by atoms with Crippen LogP contribution in [0.25, 0.3) is 11.2 Å². The van der Waals surface area contributed by atoms with Crippen molar-refractivity contribution in [1.82, 2.24) is 35.1 Å². The third-order valence-electron chi connectivity index (χ3n) is 5.68. The lowest BCUT2D eigenvalue weighted by atomic mass is 10.1. The summed E-state index contributed by atoms with van der Waals surface area (Å²) in [5, 5.41) is 38.3. The van der Waals surface area contributed by atoms with Crippen molar-refractivity contribution in [2.75, 3.05) is 32.1 Å². The Labute approximate surface area is 202 Å². The smallest absolute Gasteiger partial charge is 0.315 e. The van der Waals surface area contributed by atoms with Crippen LogP contribution >= 0.6 is 11.6 Å². The molecule has 1 aliphatic heterocycles. The highest BCUT2D eigenvalue weighted by Crippen LogP contribution is 2.32. The van der Waals surface area contributed by atoms with Gasteiger partial charge in [-0.3, -0.25) is 9.47 Å². The highest BCUT2D eigenvalue weighted by atomic mass is 35.5. The molecule has 13 nitrogen and oxygen atoms in total. The molecule has 0 spiro atoms. The van der Waals surface area contributed by atoms with Crippen molar-refractivity contribution in [3.63, 3.8) is 0 Å². The van der Waals surface area contributed by atoms with Gasteiger partial charge in [0.15, 0.2) is 29.0 Å². The largest absolute Gasteiger partial charge is 0.394 e. The average Bonchev–Trinajstić information content (AvgIpc) is 3.34. The van der Waals surface area contributed by atoms with E-state index in [0.29, 0.717) is 35.9 Å². The van der Waals surface area contributed by atoms with Crippen LogP contribution in [0.3, 0.4) is 0 Å². The van der Waals surface area contributed by atoms with E-state index in [4.69, 9.17) is 16.3 Å². The molecule has 0 saturated carbocycles. The van der Waals surface area contributed by atoms with Gasteiger partial charge in [0, 0.05) is 26.2 Å². The van der Waals surface area contributed by atoms with Gasteiger partial charge in [0.1, 0.15) is 18.3 Å². The predicted molar refractivity (Wildman–Crippen MR) is 125 cm³/mol. The number of anilines is 1. The molecule has 0 radical (unpaired) electrons. The molecular formula is C20H33ClN8O5. The summed E-state index contributed by atoms with van der Waals surface area (Å²) >= 11 is 6.17. The second-order valence-corrected chi connectivity index (χ2v) is 8.94. The topological polar surface area (TPSA) is 170 Å². The van der Waals surface area contributed by atoms with Crippen LogP contribution in [0, 0.1) is 0 Å². The van der Waals surface area contributed by atoms with Crippen LogP contribution in [0.2, 0.25) is 0 Å². The minimum absolute atomic E-state index is 0.0391. The van der Waals surface area contributed by atoms with Crippen molar-refractivity contribution in [1.29, 1.82) is 0 Å². The number of rotatable bonds is 10. The quantitative estimate of drug-likeness (QED) is 0.186. The van der Waals surface area contributed by atoms with E-state index in [0.717, 1.165) is 0 Å². The molecule has 2 aromatic heterocycles. The van der Waals surface area contributed by atoms with Gasteiger partial charge in [-0.15, -0.1) is 11.6 Å². The standard InChI is InChI=1S/C20H33ClN8O5/c1-10(2)28(11(3)21)6-5-23-20(33)24-7-13-26-17(22-4)14-18(27-13)29(9-25-14)19-16(32)15(31)12(8-30)34-19/h9-12,15-16,19,30-32H,5-8H2,1-4H3,(H,22,26,27)(H2,23,24,33)/t11?,12-,15-,16-,19-/m1/s1. The summed E-state index contributed by atoms with van der Waals surface area (Å²) in [5.74, 6) is 0.732. The summed E-state index contributed by atoms with van der Waals surface area (Å²) in [5.41, 5.74) is 0.624. The van der Waals surface area contributed by atoms with E-state index in [1.807, 2.05) is 20.8 Å². The van der Waals surface area contributed by atoms with Crippen LogP contribution in [0.1, 0.15) is 32.8 Å². The summed E-state index contributed by atoms with van der Waals surface area (Å²) in [4.78, 5) is 27.5. The van der Waals surface area contributed by atoms with Crippen molar-refractivity contribution >= 4 is 34.6 Å². The predicted octanol–water partition coefficient (Wildman–Crippen LogP) is -0.426. The van der Waals surface area contributed by atoms with Crippen LogP contribution in [-0.2, 0) is 11.3 Å². The van der Waals surface area contributed by atoms with Gasteiger partial charge in [0.25, 0.3) is 0 Å². The number of aliphatic hydroxyl groups is 3. The number of amides is 2. The molecule has 6 N–H and O–H groups in total. The lowest BCUT2D eigenvalue weighted by Gasteiger charge is -2.28. The van der Waals surface area contributed by atoms with Gasteiger partial charge in [-0.1, -0.05) is 0 Å². The molecule has 3 rings (SSSR count). The number of hydrogen-bond donors (Lipinski definition) is 6. The number of halogens is 1. The maximum absolute atomic E-state index is 12.3. The first-order chi connectivity index (χ1) is 16.2. The zero-order valence-electron chi connectivity index (χ0n) is 19.6. The number of alkyl halides is 1. The Bertz CT molecular complexity index is 966. The molecule has 0 aliphatic carbocycles. The van der Waals surface area contributed by atoms with Crippen molar-refractivity contribution in [3.05, 3.63) is 12.2 Å². The first kappa shape index (κ1) is 26.3.